The molecule has 1 fully saturated rings. The lowest BCUT2D eigenvalue weighted by Crippen LogP contribution is -2.51. The quantitative estimate of drug-likeness (QED) is 0.829. The van der Waals surface area contributed by atoms with Gasteiger partial charge in [-0.1, -0.05) is 48.8 Å². The van der Waals surface area contributed by atoms with Crippen molar-refractivity contribution in [1.82, 2.24) is 4.90 Å². The lowest BCUT2D eigenvalue weighted by atomic mass is 9.75. The zero-order chi connectivity index (χ0) is 15.6. The molecule has 0 radical (unpaired) electrons. The summed E-state index contributed by atoms with van der Waals surface area (Å²) in [7, 11) is 0. The zero-order valence-electron chi connectivity index (χ0n) is 13.0. The van der Waals surface area contributed by atoms with Crippen LogP contribution in [0.2, 0.25) is 0 Å². The summed E-state index contributed by atoms with van der Waals surface area (Å²) in [6, 6.07) is 8.55. The molecule has 3 nitrogen and oxygen atoms in total. The molecule has 0 saturated carbocycles. The summed E-state index contributed by atoms with van der Waals surface area (Å²) in [5, 5.41) is 9.40. The van der Waals surface area contributed by atoms with E-state index >= 15 is 0 Å². The van der Waals surface area contributed by atoms with Crippen LogP contribution in [-0.4, -0.2) is 28.7 Å². The molecular weight excluding hydrogens is 330 g/mol. The van der Waals surface area contributed by atoms with Gasteiger partial charge < -0.3 is 10.0 Å². The highest BCUT2D eigenvalue weighted by Gasteiger charge is 2.38. The fraction of sp³-hybridized carbons (Fsp3) is 0.588. The van der Waals surface area contributed by atoms with Crippen molar-refractivity contribution in [2.45, 2.75) is 46.1 Å². The molecule has 2 unspecified atom stereocenters. The zero-order valence-corrected chi connectivity index (χ0v) is 14.6. The molecule has 2 rings (SSSR count). The second-order valence-corrected chi connectivity index (χ2v) is 7.99. The molecule has 0 spiro atoms. The normalized spacial score (nSPS) is 23.1. The van der Waals surface area contributed by atoms with Gasteiger partial charge in [0.25, 0.3) is 0 Å². The van der Waals surface area contributed by atoms with E-state index in [1.807, 2.05) is 0 Å². The maximum atomic E-state index is 11.4. The Kier molecular flexibility index (Phi) is 4.97. The predicted molar refractivity (Wildman–Crippen MR) is 88.5 cm³/mol. The van der Waals surface area contributed by atoms with Gasteiger partial charge in [0.05, 0.1) is 0 Å². The summed E-state index contributed by atoms with van der Waals surface area (Å²) in [5.41, 5.74) is 1.32. The van der Waals surface area contributed by atoms with E-state index in [2.05, 4.69) is 61.0 Å². The summed E-state index contributed by atoms with van der Waals surface area (Å²) in [4.78, 5) is 13.1. The number of benzene rings is 1. The number of carboxylic acid groups (broad SMARTS) is 1. The fourth-order valence-electron chi connectivity index (χ4n) is 3.23. The van der Waals surface area contributed by atoms with Gasteiger partial charge in [-0.2, -0.15) is 0 Å². The van der Waals surface area contributed by atoms with Gasteiger partial charge in [0.2, 0.25) is 0 Å². The van der Waals surface area contributed by atoms with Gasteiger partial charge in [0.1, 0.15) is 0 Å². The van der Waals surface area contributed by atoms with E-state index in [9.17, 15) is 9.90 Å². The molecule has 1 aromatic carbocycles. The van der Waals surface area contributed by atoms with E-state index in [0.29, 0.717) is 12.5 Å². The Morgan fingerprint density at radius 2 is 1.95 bits per heavy atom. The number of amides is 1. The summed E-state index contributed by atoms with van der Waals surface area (Å²) >= 11 is 3.46. The standard InChI is InChI=1S/C17H24BrNO2/c1-17(2,3)15-11-13(8-9-19(15)16(20)21)10-12-4-6-14(18)7-5-12/h4-7,13,15H,8-11H2,1-3H3,(H,20,21). The Labute approximate surface area is 135 Å². The highest BCUT2D eigenvalue weighted by atomic mass is 79.9. The topological polar surface area (TPSA) is 40.5 Å². The SMILES string of the molecule is CC(C)(C)C1CC(Cc2ccc(Br)cc2)CCN1C(=O)O. The van der Waals surface area contributed by atoms with Crippen LogP contribution < -0.4 is 0 Å². The number of likely N-dealkylation sites (tertiary alicyclic amines) is 1. The highest BCUT2D eigenvalue weighted by Crippen LogP contribution is 2.35. The molecule has 1 amide bonds. The summed E-state index contributed by atoms with van der Waals surface area (Å²) in [5.74, 6) is 0.561. The third kappa shape index (κ3) is 4.22. The smallest absolute Gasteiger partial charge is 0.407 e. The van der Waals surface area contributed by atoms with Crippen molar-refractivity contribution in [1.29, 1.82) is 0 Å². The molecule has 2 atom stereocenters. The maximum absolute atomic E-state index is 11.4. The van der Waals surface area contributed by atoms with Crippen molar-refractivity contribution in [2.24, 2.45) is 11.3 Å². The summed E-state index contributed by atoms with van der Waals surface area (Å²) in [6.45, 7) is 7.05. The number of piperidine rings is 1. The number of halogens is 1. The van der Waals surface area contributed by atoms with Gasteiger partial charge in [-0.15, -0.1) is 0 Å². The number of nitrogens with zero attached hydrogens (tertiary/aromatic N) is 1. The van der Waals surface area contributed by atoms with Crippen LogP contribution in [-0.2, 0) is 6.42 Å². The summed E-state index contributed by atoms with van der Waals surface area (Å²) in [6.07, 6.45) is 2.16. The van der Waals surface area contributed by atoms with Crippen LogP contribution >= 0.6 is 15.9 Å². The first kappa shape index (κ1) is 16.3. The van der Waals surface area contributed by atoms with E-state index in [1.54, 1.807) is 4.90 Å². The van der Waals surface area contributed by atoms with Gasteiger partial charge in [0, 0.05) is 17.1 Å². The van der Waals surface area contributed by atoms with Crippen LogP contribution in [0.5, 0.6) is 0 Å². The number of rotatable bonds is 2. The molecule has 1 N–H and O–H groups in total. The van der Waals surface area contributed by atoms with Gasteiger partial charge in [0.15, 0.2) is 0 Å². The molecule has 116 valence electrons. The number of hydrogen-bond acceptors (Lipinski definition) is 1. The Morgan fingerprint density at radius 3 is 2.48 bits per heavy atom. The number of hydrogen-bond donors (Lipinski definition) is 1. The van der Waals surface area contributed by atoms with Gasteiger partial charge in [-0.25, -0.2) is 4.79 Å². The lowest BCUT2D eigenvalue weighted by molar-refractivity contribution is 0.0407. The van der Waals surface area contributed by atoms with E-state index < -0.39 is 6.09 Å². The van der Waals surface area contributed by atoms with E-state index in [0.717, 1.165) is 23.7 Å². The fourth-order valence-corrected chi connectivity index (χ4v) is 3.49. The molecular formula is C17H24BrNO2. The third-order valence-corrected chi connectivity index (χ3v) is 4.92. The molecule has 1 aliphatic heterocycles. The third-order valence-electron chi connectivity index (χ3n) is 4.39. The van der Waals surface area contributed by atoms with Crippen LogP contribution in [0.25, 0.3) is 0 Å². The van der Waals surface area contributed by atoms with E-state index in [1.165, 1.54) is 5.56 Å². The maximum Gasteiger partial charge on any atom is 0.407 e. The predicted octanol–water partition coefficient (Wildman–Crippen LogP) is 4.80. The molecule has 1 heterocycles. The minimum Gasteiger partial charge on any atom is -0.465 e. The molecule has 1 aliphatic rings. The van der Waals surface area contributed by atoms with E-state index in [-0.39, 0.29) is 11.5 Å². The molecule has 21 heavy (non-hydrogen) atoms. The monoisotopic (exact) mass is 353 g/mol. The van der Waals surface area contributed by atoms with Gasteiger partial charge in [-0.3, -0.25) is 0 Å². The first-order valence-electron chi connectivity index (χ1n) is 7.51. The average Bonchev–Trinajstić information content (AvgIpc) is 2.40. The van der Waals surface area contributed by atoms with Crippen LogP contribution in [0.3, 0.4) is 0 Å². The van der Waals surface area contributed by atoms with E-state index in [4.69, 9.17) is 0 Å². The minimum absolute atomic E-state index is 0.0171. The average molecular weight is 354 g/mol. The van der Waals surface area contributed by atoms with Crippen LogP contribution in [0, 0.1) is 11.3 Å². The molecule has 0 aromatic heterocycles. The Bertz CT molecular complexity index is 493. The molecule has 0 bridgehead atoms. The van der Waals surface area contributed by atoms with Crippen molar-refractivity contribution in [2.75, 3.05) is 6.54 Å². The minimum atomic E-state index is -0.781. The Morgan fingerprint density at radius 1 is 1.33 bits per heavy atom. The molecule has 4 heteroatoms. The first-order valence-corrected chi connectivity index (χ1v) is 8.30. The van der Waals surface area contributed by atoms with Crippen molar-refractivity contribution in [3.05, 3.63) is 34.3 Å². The Hall–Kier alpha value is -1.03. The number of carbonyl (C=O) groups is 1. The molecule has 1 aromatic rings. The van der Waals surface area contributed by atoms with Gasteiger partial charge in [-0.05, 0) is 48.3 Å². The molecule has 1 saturated heterocycles. The van der Waals surface area contributed by atoms with Crippen LogP contribution in [0.4, 0.5) is 4.79 Å². The second-order valence-electron chi connectivity index (χ2n) is 7.08. The van der Waals surface area contributed by atoms with Gasteiger partial charge >= 0.3 is 6.09 Å². The summed E-state index contributed by atoms with van der Waals surface area (Å²) < 4.78 is 1.10. The van der Waals surface area contributed by atoms with Crippen LogP contribution in [0.15, 0.2) is 28.7 Å². The lowest BCUT2D eigenvalue weighted by Gasteiger charge is -2.44. The van der Waals surface area contributed by atoms with Crippen molar-refractivity contribution in [3.8, 4) is 0 Å². The largest absolute Gasteiger partial charge is 0.465 e. The van der Waals surface area contributed by atoms with Crippen molar-refractivity contribution >= 4 is 22.0 Å². The first-order chi connectivity index (χ1) is 9.77. The van der Waals surface area contributed by atoms with Crippen molar-refractivity contribution in [3.63, 3.8) is 0 Å². The highest BCUT2D eigenvalue weighted by molar-refractivity contribution is 9.10. The Balaban J connectivity index is 2.07. The van der Waals surface area contributed by atoms with Crippen LogP contribution in [0.1, 0.15) is 39.2 Å². The molecule has 0 aliphatic carbocycles. The second kappa shape index (κ2) is 6.39. The van der Waals surface area contributed by atoms with Crippen molar-refractivity contribution < 1.29 is 9.90 Å².